The average Bonchev–Trinajstić information content (AvgIpc) is 2.79. The van der Waals surface area contributed by atoms with Gasteiger partial charge in [0, 0.05) is 33.8 Å². The second kappa shape index (κ2) is 10.0. The second-order valence-electron chi connectivity index (χ2n) is 7.82. The van der Waals surface area contributed by atoms with Gasteiger partial charge in [0.15, 0.2) is 5.69 Å². The van der Waals surface area contributed by atoms with Crippen molar-refractivity contribution >= 4 is 46.2 Å². The van der Waals surface area contributed by atoms with Crippen molar-refractivity contribution < 1.29 is 4.74 Å². The SMILES string of the molecule is [C-]#[N+]c1ccc(OC[C@H]2CN(c3ccc(Cl)cc3)[C@@H](c3ccc(Cl)cc3Cl)CN2C)cc1. The Bertz CT molecular complexity index is 1110. The van der Waals surface area contributed by atoms with Crippen LogP contribution < -0.4 is 9.64 Å². The first-order valence-corrected chi connectivity index (χ1v) is 11.4. The van der Waals surface area contributed by atoms with Gasteiger partial charge in [-0.05, 0) is 61.1 Å². The van der Waals surface area contributed by atoms with Crippen molar-refractivity contribution in [2.75, 3.05) is 31.6 Å². The van der Waals surface area contributed by atoms with E-state index in [1.807, 2.05) is 48.5 Å². The quantitative estimate of drug-likeness (QED) is 0.357. The summed E-state index contributed by atoms with van der Waals surface area (Å²) >= 11 is 18.9. The number of piperazine rings is 1. The molecule has 0 aromatic heterocycles. The lowest BCUT2D eigenvalue weighted by atomic mass is 9.98. The van der Waals surface area contributed by atoms with E-state index in [-0.39, 0.29) is 12.1 Å². The van der Waals surface area contributed by atoms with Gasteiger partial charge in [0.2, 0.25) is 0 Å². The summed E-state index contributed by atoms with van der Waals surface area (Å²) in [6.45, 7) is 9.13. The molecule has 3 aromatic carbocycles. The van der Waals surface area contributed by atoms with E-state index < -0.39 is 0 Å². The van der Waals surface area contributed by atoms with E-state index in [1.54, 1.807) is 18.2 Å². The van der Waals surface area contributed by atoms with Crippen molar-refractivity contribution in [3.8, 4) is 5.75 Å². The van der Waals surface area contributed by atoms with Crippen LogP contribution in [-0.4, -0.2) is 37.7 Å². The Labute approximate surface area is 203 Å². The Morgan fingerprint density at radius 3 is 2.28 bits per heavy atom. The summed E-state index contributed by atoms with van der Waals surface area (Å²) in [6.07, 6.45) is 0. The third-order valence-electron chi connectivity index (χ3n) is 5.76. The smallest absolute Gasteiger partial charge is 0.187 e. The molecule has 0 bridgehead atoms. The number of likely N-dealkylation sites (N-methyl/N-ethyl adjacent to an activating group) is 1. The number of halogens is 3. The lowest BCUT2D eigenvalue weighted by molar-refractivity contribution is 0.129. The van der Waals surface area contributed by atoms with Crippen LogP contribution in [0.5, 0.6) is 5.75 Å². The average molecular weight is 487 g/mol. The van der Waals surface area contributed by atoms with E-state index in [0.29, 0.717) is 27.4 Å². The first-order chi connectivity index (χ1) is 15.4. The number of hydrogen-bond donors (Lipinski definition) is 0. The van der Waals surface area contributed by atoms with Gasteiger partial charge in [-0.25, -0.2) is 4.85 Å². The van der Waals surface area contributed by atoms with E-state index in [1.165, 1.54) is 0 Å². The summed E-state index contributed by atoms with van der Waals surface area (Å²) in [7, 11) is 2.10. The number of benzene rings is 3. The normalized spacial score (nSPS) is 18.9. The molecule has 4 nitrogen and oxygen atoms in total. The Kier molecular flexibility index (Phi) is 7.13. The van der Waals surface area contributed by atoms with Crippen molar-refractivity contribution in [2.45, 2.75) is 12.1 Å². The molecule has 1 saturated heterocycles. The summed E-state index contributed by atoms with van der Waals surface area (Å²) in [4.78, 5) is 8.07. The molecule has 32 heavy (non-hydrogen) atoms. The van der Waals surface area contributed by atoms with Crippen LogP contribution in [0.3, 0.4) is 0 Å². The maximum absolute atomic E-state index is 7.08. The van der Waals surface area contributed by atoms with Gasteiger partial charge in [-0.2, -0.15) is 0 Å². The molecule has 1 aliphatic rings. The summed E-state index contributed by atoms with van der Waals surface area (Å²) in [5.74, 6) is 0.756. The number of nitrogens with zero attached hydrogens (tertiary/aromatic N) is 3. The summed E-state index contributed by atoms with van der Waals surface area (Å²) < 4.78 is 6.06. The van der Waals surface area contributed by atoms with Crippen LogP contribution in [0.2, 0.25) is 15.1 Å². The van der Waals surface area contributed by atoms with Crippen molar-refractivity contribution in [3.05, 3.63) is 98.8 Å². The standard InChI is InChI=1S/C25H22Cl3N3O/c1-29-19-6-10-22(11-7-19)32-16-21-14-31(20-8-3-17(26)4-9-20)25(15-30(21)2)23-12-5-18(27)13-24(23)28/h3-13,21,25H,14-16H2,2H3/t21-,25-/m1/s1. The fourth-order valence-electron chi connectivity index (χ4n) is 3.96. The van der Waals surface area contributed by atoms with Crippen LogP contribution in [0.4, 0.5) is 11.4 Å². The molecule has 0 saturated carbocycles. The molecule has 0 amide bonds. The Morgan fingerprint density at radius 2 is 1.62 bits per heavy atom. The molecule has 3 aromatic rings. The molecule has 1 heterocycles. The molecule has 1 aliphatic heterocycles. The largest absolute Gasteiger partial charge is 0.492 e. The highest BCUT2D eigenvalue weighted by Crippen LogP contribution is 2.37. The molecular formula is C25H22Cl3N3O. The molecule has 7 heteroatoms. The maximum Gasteiger partial charge on any atom is 0.187 e. The van der Waals surface area contributed by atoms with Gasteiger partial charge in [0.05, 0.1) is 18.7 Å². The fraction of sp³-hybridized carbons (Fsp3) is 0.240. The minimum absolute atomic E-state index is 0.0557. The number of anilines is 1. The van der Waals surface area contributed by atoms with Gasteiger partial charge < -0.3 is 9.64 Å². The summed E-state index contributed by atoms with van der Waals surface area (Å²) in [5, 5.41) is 1.98. The lowest BCUT2D eigenvalue weighted by Crippen LogP contribution is -2.55. The minimum atomic E-state index is 0.0557. The molecule has 2 atom stereocenters. The maximum atomic E-state index is 7.08. The summed E-state index contributed by atoms with van der Waals surface area (Å²) in [6, 6.07) is 21.0. The minimum Gasteiger partial charge on any atom is -0.492 e. The zero-order chi connectivity index (χ0) is 22.7. The van der Waals surface area contributed by atoms with Gasteiger partial charge in [0.1, 0.15) is 12.4 Å². The van der Waals surface area contributed by atoms with Crippen LogP contribution in [0, 0.1) is 6.57 Å². The van der Waals surface area contributed by atoms with E-state index in [4.69, 9.17) is 46.1 Å². The molecule has 4 rings (SSSR count). The van der Waals surface area contributed by atoms with Crippen LogP contribution >= 0.6 is 34.8 Å². The number of rotatable bonds is 5. The number of ether oxygens (including phenoxy) is 1. The van der Waals surface area contributed by atoms with Crippen molar-refractivity contribution in [1.82, 2.24) is 4.90 Å². The van der Waals surface area contributed by atoms with Gasteiger partial charge in [0.25, 0.3) is 0 Å². The Hall–Kier alpha value is -2.42. The van der Waals surface area contributed by atoms with Crippen molar-refractivity contribution in [2.24, 2.45) is 0 Å². The van der Waals surface area contributed by atoms with Crippen molar-refractivity contribution in [3.63, 3.8) is 0 Å². The molecule has 164 valence electrons. The molecule has 0 aliphatic carbocycles. The third-order valence-corrected chi connectivity index (χ3v) is 6.57. The summed E-state index contributed by atoms with van der Waals surface area (Å²) in [5.41, 5.74) is 2.71. The van der Waals surface area contributed by atoms with E-state index in [9.17, 15) is 0 Å². The molecule has 0 spiro atoms. The first kappa shape index (κ1) is 22.8. The number of hydrogen-bond acceptors (Lipinski definition) is 3. The molecule has 0 radical (unpaired) electrons. The monoisotopic (exact) mass is 485 g/mol. The van der Waals surface area contributed by atoms with Gasteiger partial charge in [-0.15, -0.1) is 0 Å². The zero-order valence-corrected chi connectivity index (χ0v) is 19.8. The van der Waals surface area contributed by atoms with Crippen LogP contribution in [0.1, 0.15) is 11.6 Å². The molecule has 0 unspecified atom stereocenters. The van der Waals surface area contributed by atoms with Crippen LogP contribution in [0.25, 0.3) is 4.85 Å². The topological polar surface area (TPSA) is 20.1 Å². The van der Waals surface area contributed by atoms with Crippen LogP contribution in [-0.2, 0) is 0 Å². The Morgan fingerprint density at radius 1 is 0.938 bits per heavy atom. The van der Waals surface area contributed by atoms with E-state index >= 15 is 0 Å². The van der Waals surface area contributed by atoms with E-state index in [0.717, 1.165) is 30.1 Å². The van der Waals surface area contributed by atoms with Crippen LogP contribution in [0.15, 0.2) is 66.7 Å². The second-order valence-corrected chi connectivity index (χ2v) is 9.10. The highest BCUT2D eigenvalue weighted by atomic mass is 35.5. The molecular weight excluding hydrogens is 465 g/mol. The first-order valence-electron chi connectivity index (χ1n) is 10.2. The fourth-order valence-corrected chi connectivity index (χ4v) is 4.62. The molecule has 1 fully saturated rings. The van der Waals surface area contributed by atoms with Gasteiger partial charge >= 0.3 is 0 Å². The Balaban J connectivity index is 1.58. The van der Waals surface area contributed by atoms with Gasteiger partial charge in [-0.3, -0.25) is 4.90 Å². The predicted octanol–water partition coefficient (Wildman–Crippen LogP) is 7.14. The van der Waals surface area contributed by atoms with Crippen molar-refractivity contribution in [1.29, 1.82) is 0 Å². The lowest BCUT2D eigenvalue weighted by Gasteiger charge is -2.46. The highest BCUT2D eigenvalue weighted by molar-refractivity contribution is 6.35. The predicted molar refractivity (Wildman–Crippen MR) is 133 cm³/mol. The van der Waals surface area contributed by atoms with Gasteiger partial charge in [-0.1, -0.05) is 53.0 Å². The highest BCUT2D eigenvalue weighted by Gasteiger charge is 2.34. The molecule has 0 N–H and O–H groups in total. The zero-order valence-electron chi connectivity index (χ0n) is 17.5. The van der Waals surface area contributed by atoms with E-state index in [2.05, 4.69) is 21.7 Å². The third kappa shape index (κ3) is 5.14.